The number of aliphatic hydroxyl groups excluding tert-OH is 1. The van der Waals surface area contributed by atoms with Crippen molar-refractivity contribution in [3.8, 4) is 0 Å². The summed E-state index contributed by atoms with van der Waals surface area (Å²) in [5.41, 5.74) is -0.980. The maximum atomic E-state index is 14.3. The van der Waals surface area contributed by atoms with Crippen molar-refractivity contribution in [2.24, 2.45) is 11.8 Å². The minimum atomic E-state index is -1.11. The summed E-state index contributed by atoms with van der Waals surface area (Å²) >= 11 is 0. The molecule has 0 aliphatic carbocycles. The maximum Gasteiger partial charge on any atom is 0.312 e. The van der Waals surface area contributed by atoms with Crippen LogP contribution in [-0.4, -0.2) is 76.2 Å². The second kappa shape index (κ2) is 11.8. The lowest BCUT2D eigenvalue weighted by Gasteiger charge is -2.37. The Morgan fingerprint density at radius 1 is 1.21 bits per heavy atom. The highest BCUT2D eigenvalue weighted by Crippen LogP contribution is 2.64. The van der Waals surface area contributed by atoms with E-state index in [1.165, 1.54) is 0 Å². The van der Waals surface area contributed by atoms with Gasteiger partial charge in [-0.1, -0.05) is 49.4 Å². The molecule has 0 radical (unpaired) electrons. The van der Waals surface area contributed by atoms with Gasteiger partial charge in [0.2, 0.25) is 11.8 Å². The largest absolute Gasteiger partial charge is 0.465 e. The van der Waals surface area contributed by atoms with Crippen molar-refractivity contribution in [1.82, 2.24) is 9.80 Å². The van der Waals surface area contributed by atoms with E-state index in [4.69, 9.17) is 9.47 Å². The third-order valence-corrected chi connectivity index (χ3v) is 8.40. The molecule has 2 amide bonds. The lowest BCUT2D eigenvalue weighted by molar-refractivity contribution is -0.162. The molecule has 8 nitrogen and oxygen atoms in total. The van der Waals surface area contributed by atoms with Crippen LogP contribution in [-0.2, 0) is 30.4 Å². The van der Waals surface area contributed by atoms with Crippen LogP contribution in [0.25, 0.3) is 0 Å². The maximum absolute atomic E-state index is 14.3. The number of hydrogen-bond acceptors (Lipinski definition) is 6. The summed E-state index contributed by atoms with van der Waals surface area (Å²) in [5.74, 6) is -2.49. The molecule has 1 spiro atoms. The number of nitrogens with zero attached hydrogens (tertiary/aromatic N) is 2. The number of amides is 2. The van der Waals surface area contributed by atoms with Gasteiger partial charge in [0.1, 0.15) is 17.6 Å². The molecule has 0 aromatic heterocycles. The summed E-state index contributed by atoms with van der Waals surface area (Å²) in [7, 11) is 0. The molecule has 5 atom stereocenters. The Hall–Kier alpha value is -2.97. The smallest absolute Gasteiger partial charge is 0.312 e. The summed E-state index contributed by atoms with van der Waals surface area (Å²) in [4.78, 5) is 45.1. The van der Waals surface area contributed by atoms with Gasteiger partial charge in [0.05, 0.1) is 18.1 Å². The van der Waals surface area contributed by atoms with Gasteiger partial charge in [0.15, 0.2) is 0 Å². The highest BCUT2D eigenvalue weighted by atomic mass is 16.6. The second-order valence-electron chi connectivity index (χ2n) is 10.5. The highest BCUT2D eigenvalue weighted by Gasteiger charge is 2.79. The molecule has 206 valence electrons. The van der Waals surface area contributed by atoms with Gasteiger partial charge in [-0.05, 0) is 44.1 Å². The van der Waals surface area contributed by atoms with E-state index >= 15 is 0 Å². The summed E-state index contributed by atoms with van der Waals surface area (Å²) in [6.07, 6.45) is 6.80. The number of likely N-dealkylation sites (tertiary alicyclic amines) is 1. The van der Waals surface area contributed by atoms with E-state index in [9.17, 15) is 19.5 Å². The van der Waals surface area contributed by atoms with E-state index in [2.05, 4.69) is 13.2 Å². The monoisotopic (exact) mass is 524 g/mol. The molecule has 3 fully saturated rings. The van der Waals surface area contributed by atoms with Crippen molar-refractivity contribution in [3.63, 3.8) is 0 Å². The van der Waals surface area contributed by atoms with Crippen LogP contribution in [0, 0.1) is 11.8 Å². The van der Waals surface area contributed by atoms with Crippen LogP contribution in [0.4, 0.5) is 0 Å². The van der Waals surface area contributed by atoms with Gasteiger partial charge in [0, 0.05) is 26.2 Å². The van der Waals surface area contributed by atoms with Crippen LogP contribution in [0.15, 0.2) is 55.6 Å². The minimum absolute atomic E-state index is 0.114. The van der Waals surface area contributed by atoms with Gasteiger partial charge in [-0.25, -0.2) is 0 Å². The standard InChI is InChI=1S/C30H40N2O6/c1-4-7-11-20-37-28(36)24-23-26(34)32(18-12-19-33)25(30(23)16-15-29(24,6-3)38-30)27(35)31(17-5-2)21-22-13-9-8-10-14-22/h4-5,8-10,13-14,23-25,33H,1-2,6-7,11-12,15-21H2,3H3/t23-,24-,25?,29+,30?/m0/s1. The quantitative estimate of drug-likeness (QED) is 0.228. The molecule has 3 saturated heterocycles. The first-order chi connectivity index (χ1) is 18.4. The van der Waals surface area contributed by atoms with Gasteiger partial charge in [-0.15, -0.1) is 13.2 Å². The first kappa shape index (κ1) is 28.0. The first-order valence-electron chi connectivity index (χ1n) is 13.7. The Bertz CT molecular complexity index is 1040. The van der Waals surface area contributed by atoms with E-state index in [1.807, 2.05) is 37.3 Å². The SMILES string of the molecule is C=CCCCOC(=O)[C@@H]1[C@H]2C(=O)N(CCCO)C(C(=O)N(CC=C)Cc3ccccc3)C23CC[C@@]1(CC)O3. The van der Waals surface area contributed by atoms with E-state index in [0.29, 0.717) is 45.2 Å². The number of hydrogen-bond donors (Lipinski definition) is 1. The zero-order valence-electron chi connectivity index (χ0n) is 22.3. The molecule has 3 aliphatic heterocycles. The van der Waals surface area contributed by atoms with Gasteiger partial charge in [-0.2, -0.15) is 0 Å². The normalized spacial score (nSPS) is 29.3. The third kappa shape index (κ3) is 4.80. The van der Waals surface area contributed by atoms with E-state index in [0.717, 1.165) is 12.0 Å². The average Bonchev–Trinajstić information content (AvgIpc) is 3.53. The molecule has 1 N–H and O–H groups in total. The summed E-state index contributed by atoms with van der Waals surface area (Å²) in [6.45, 7) is 10.5. The van der Waals surface area contributed by atoms with Crippen LogP contribution in [0.5, 0.6) is 0 Å². The lowest BCUT2D eigenvalue weighted by Crippen LogP contribution is -2.56. The fourth-order valence-corrected chi connectivity index (χ4v) is 6.69. The molecular formula is C30H40N2O6. The Morgan fingerprint density at radius 2 is 1.97 bits per heavy atom. The number of aliphatic hydroxyl groups is 1. The Labute approximate surface area is 225 Å². The number of fused-ring (bicyclic) bond motifs is 1. The fourth-order valence-electron chi connectivity index (χ4n) is 6.69. The molecule has 2 unspecified atom stereocenters. The Kier molecular flexibility index (Phi) is 8.73. The molecule has 38 heavy (non-hydrogen) atoms. The van der Waals surface area contributed by atoms with Crippen LogP contribution >= 0.6 is 0 Å². The average molecular weight is 525 g/mol. The van der Waals surface area contributed by atoms with Gasteiger partial charge in [-0.3, -0.25) is 14.4 Å². The van der Waals surface area contributed by atoms with E-state index in [-0.39, 0.29) is 31.6 Å². The molecule has 3 aliphatic rings. The van der Waals surface area contributed by atoms with Crippen molar-refractivity contribution in [3.05, 3.63) is 61.2 Å². The molecular weight excluding hydrogens is 484 g/mol. The van der Waals surface area contributed by atoms with Gasteiger partial charge < -0.3 is 24.4 Å². The second-order valence-corrected chi connectivity index (χ2v) is 10.5. The highest BCUT2D eigenvalue weighted by molar-refractivity contribution is 5.98. The van der Waals surface area contributed by atoms with Crippen LogP contribution in [0.3, 0.4) is 0 Å². The van der Waals surface area contributed by atoms with Crippen molar-refractivity contribution < 1.29 is 29.0 Å². The summed E-state index contributed by atoms with van der Waals surface area (Å²) in [5, 5.41) is 9.56. The predicted octanol–water partition coefficient (Wildman–Crippen LogP) is 3.25. The topological polar surface area (TPSA) is 96.4 Å². The number of allylic oxidation sites excluding steroid dienone is 1. The number of esters is 1. The summed E-state index contributed by atoms with van der Waals surface area (Å²) in [6, 6.07) is 8.79. The van der Waals surface area contributed by atoms with Crippen molar-refractivity contribution in [2.75, 3.05) is 26.3 Å². The molecule has 2 bridgehead atoms. The van der Waals surface area contributed by atoms with E-state index in [1.54, 1.807) is 22.0 Å². The van der Waals surface area contributed by atoms with Crippen molar-refractivity contribution >= 4 is 17.8 Å². The molecule has 1 aromatic rings. The van der Waals surface area contributed by atoms with Crippen LogP contribution < -0.4 is 0 Å². The van der Waals surface area contributed by atoms with Crippen molar-refractivity contribution in [2.45, 2.75) is 69.2 Å². The predicted molar refractivity (Wildman–Crippen MR) is 143 cm³/mol. The number of carbonyl (C=O) groups is 3. The first-order valence-corrected chi connectivity index (χ1v) is 13.7. The van der Waals surface area contributed by atoms with Gasteiger partial charge >= 0.3 is 5.97 Å². The number of benzene rings is 1. The molecule has 1 aromatic carbocycles. The zero-order valence-corrected chi connectivity index (χ0v) is 22.3. The number of rotatable bonds is 14. The van der Waals surface area contributed by atoms with Crippen molar-refractivity contribution in [1.29, 1.82) is 0 Å². The van der Waals surface area contributed by atoms with Crippen LogP contribution in [0.2, 0.25) is 0 Å². The lowest BCUT2D eigenvalue weighted by atomic mass is 9.65. The number of ether oxygens (including phenoxy) is 2. The Morgan fingerprint density at radius 3 is 2.63 bits per heavy atom. The molecule has 3 heterocycles. The Balaban J connectivity index is 1.70. The van der Waals surface area contributed by atoms with Gasteiger partial charge in [0.25, 0.3) is 0 Å². The molecule has 0 saturated carbocycles. The van der Waals surface area contributed by atoms with E-state index < -0.39 is 35.0 Å². The zero-order chi connectivity index (χ0) is 27.3. The molecule has 4 rings (SSSR count). The fraction of sp³-hybridized carbons (Fsp3) is 0.567. The number of carbonyl (C=O) groups excluding carboxylic acids is 3. The number of unbranched alkanes of at least 4 members (excludes halogenated alkanes) is 1. The summed E-state index contributed by atoms with van der Waals surface area (Å²) < 4.78 is 12.4. The molecule has 8 heteroatoms. The minimum Gasteiger partial charge on any atom is -0.465 e. The van der Waals surface area contributed by atoms with Crippen LogP contribution in [0.1, 0.15) is 51.0 Å². The third-order valence-electron chi connectivity index (χ3n) is 8.40.